The summed E-state index contributed by atoms with van der Waals surface area (Å²) in [6, 6.07) is 3.91. The van der Waals surface area contributed by atoms with Crippen molar-refractivity contribution in [2.75, 3.05) is 13.2 Å². The van der Waals surface area contributed by atoms with Gasteiger partial charge in [0.15, 0.2) is 6.61 Å². The summed E-state index contributed by atoms with van der Waals surface area (Å²) in [5, 5.41) is 10.6. The number of carbonyl (C=O) groups is 1. The second-order valence-electron chi connectivity index (χ2n) is 8.31. The lowest BCUT2D eigenvalue weighted by atomic mass is 9.39. The van der Waals surface area contributed by atoms with Crippen LogP contribution in [0, 0.1) is 5.82 Å². The third-order valence-electron chi connectivity index (χ3n) is 5.70. The number of nitrogens with zero attached hydrogens (tertiary/aromatic N) is 3. The molecule has 5 rings (SSSR count). The predicted octanol–water partition coefficient (Wildman–Crippen LogP) is 4.31. The lowest BCUT2D eigenvalue weighted by molar-refractivity contribution is -0.143. The summed E-state index contributed by atoms with van der Waals surface area (Å²) in [5.41, 5.74) is -1.73. The molecule has 3 aliphatic rings. The Hall–Kier alpha value is -3.41. The smallest absolute Gasteiger partial charge is 0.417 e. The van der Waals surface area contributed by atoms with Crippen molar-refractivity contribution in [2.24, 2.45) is 4.99 Å². The Morgan fingerprint density at radius 1 is 1.29 bits per heavy atom. The molecule has 1 heterocycles. The SMILES string of the molecule is C=C/C(=C\N=CCOc1nnc(C23CC(NC(=O)COc4ccc(Cl)c(F)c4)(C2)C3)o1)C(F)(F)F. The van der Waals surface area contributed by atoms with Crippen LogP contribution in [-0.2, 0) is 10.2 Å². The van der Waals surface area contributed by atoms with Crippen LogP contribution in [0.1, 0.15) is 25.2 Å². The van der Waals surface area contributed by atoms with Crippen molar-refractivity contribution in [1.29, 1.82) is 0 Å². The number of rotatable bonds is 10. The molecule has 3 aliphatic carbocycles. The molecule has 0 saturated heterocycles. The van der Waals surface area contributed by atoms with Crippen LogP contribution in [0.4, 0.5) is 17.6 Å². The average Bonchev–Trinajstić information content (AvgIpc) is 3.20. The Kier molecular flexibility index (Phi) is 6.58. The van der Waals surface area contributed by atoms with Crippen LogP contribution in [-0.4, -0.2) is 47.2 Å². The monoisotopic (exact) mass is 514 g/mol. The van der Waals surface area contributed by atoms with Crippen LogP contribution in [0.15, 0.2) is 52.0 Å². The van der Waals surface area contributed by atoms with Gasteiger partial charge in [0.1, 0.15) is 18.2 Å². The van der Waals surface area contributed by atoms with Gasteiger partial charge in [0.2, 0.25) is 5.89 Å². The van der Waals surface area contributed by atoms with Gasteiger partial charge in [0.05, 0.1) is 16.0 Å². The van der Waals surface area contributed by atoms with Crippen LogP contribution in [0.5, 0.6) is 11.8 Å². The van der Waals surface area contributed by atoms with Crippen LogP contribution in [0.25, 0.3) is 0 Å². The number of aliphatic imine (C=N–C) groups is 1. The maximum atomic E-state index is 13.4. The zero-order chi connectivity index (χ0) is 25.3. The molecule has 13 heteroatoms. The molecule has 1 aromatic carbocycles. The molecule has 0 radical (unpaired) electrons. The molecule has 35 heavy (non-hydrogen) atoms. The van der Waals surface area contributed by atoms with Gasteiger partial charge in [-0.05, 0) is 31.4 Å². The molecule has 3 fully saturated rings. The van der Waals surface area contributed by atoms with Gasteiger partial charge >= 0.3 is 12.3 Å². The van der Waals surface area contributed by atoms with Crippen molar-refractivity contribution in [3.8, 4) is 11.8 Å². The second-order valence-corrected chi connectivity index (χ2v) is 8.71. The molecular formula is C22H19ClF4N4O4. The largest absolute Gasteiger partial charge is 0.484 e. The Labute approximate surface area is 201 Å². The highest BCUT2D eigenvalue weighted by Gasteiger charge is 2.71. The van der Waals surface area contributed by atoms with Gasteiger partial charge in [-0.2, -0.15) is 13.2 Å². The van der Waals surface area contributed by atoms with Crippen molar-refractivity contribution < 1.29 is 36.2 Å². The number of hydrogen-bond donors (Lipinski definition) is 1. The minimum atomic E-state index is -4.54. The standard InChI is InChI=1S/C22H19ClF4N4O4/c1-2-13(22(25,26)27)8-28-5-6-33-19-31-30-18(35-19)20-10-21(11-20,12-20)29-17(32)9-34-14-3-4-15(23)16(24)7-14/h2-5,7-8H,1,6,9-12H2,(H,29,32)/b13-8+,28-5?. The molecule has 0 aliphatic heterocycles. The first kappa shape index (κ1) is 24.7. The van der Waals surface area contributed by atoms with Crippen molar-refractivity contribution in [3.05, 3.63) is 59.4 Å². The molecule has 2 bridgehead atoms. The molecule has 8 nitrogen and oxygen atoms in total. The number of alkyl halides is 3. The fourth-order valence-electron chi connectivity index (χ4n) is 4.20. The topological polar surface area (TPSA) is 98.8 Å². The van der Waals surface area contributed by atoms with E-state index in [-0.39, 0.29) is 46.9 Å². The Bertz CT molecular complexity index is 1170. The van der Waals surface area contributed by atoms with Crippen LogP contribution in [0.2, 0.25) is 5.02 Å². The number of benzene rings is 1. The fraction of sp³-hybridized carbons (Fsp3) is 0.364. The summed E-state index contributed by atoms with van der Waals surface area (Å²) < 4.78 is 67.1. The molecule has 2 aromatic rings. The van der Waals surface area contributed by atoms with E-state index in [9.17, 15) is 22.4 Å². The van der Waals surface area contributed by atoms with E-state index in [4.69, 9.17) is 25.5 Å². The molecule has 0 atom stereocenters. The maximum absolute atomic E-state index is 13.4. The second kappa shape index (κ2) is 9.33. The summed E-state index contributed by atoms with van der Waals surface area (Å²) in [5.74, 6) is -0.431. The average molecular weight is 515 g/mol. The Balaban J connectivity index is 1.21. The van der Waals surface area contributed by atoms with Crippen LogP contribution >= 0.6 is 11.6 Å². The van der Waals surface area contributed by atoms with E-state index in [1.165, 1.54) is 12.1 Å². The first-order valence-electron chi connectivity index (χ1n) is 10.3. The zero-order valence-corrected chi connectivity index (χ0v) is 18.8. The number of hydrogen-bond acceptors (Lipinski definition) is 7. The lowest BCUT2D eigenvalue weighted by Gasteiger charge is -2.68. The molecule has 0 spiro atoms. The van der Waals surface area contributed by atoms with Crippen LogP contribution in [0.3, 0.4) is 0 Å². The first-order valence-corrected chi connectivity index (χ1v) is 10.7. The van der Waals surface area contributed by atoms with Gasteiger partial charge in [-0.15, -0.1) is 5.10 Å². The van der Waals surface area contributed by atoms with Gasteiger partial charge in [-0.25, -0.2) is 4.39 Å². The van der Waals surface area contributed by atoms with Crippen LogP contribution < -0.4 is 14.8 Å². The van der Waals surface area contributed by atoms with E-state index < -0.39 is 17.6 Å². The molecule has 186 valence electrons. The summed E-state index contributed by atoms with van der Waals surface area (Å²) in [6.45, 7) is 2.64. The van der Waals surface area contributed by atoms with Crippen molar-refractivity contribution in [3.63, 3.8) is 0 Å². The van der Waals surface area contributed by atoms with Gasteiger partial charge < -0.3 is 19.2 Å². The van der Waals surface area contributed by atoms with Crippen molar-refractivity contribution >= 4 is 23.7 Å². The van der Waals surface area contributed by atoms with E-state index in [1.807, 2.05) is 0 Å². The van der Waals surface area contributed by atoms with E-state index in [1.54, 1.807) is 0 Å². The number of halogens is 5. The highest BCUT2D eigenvalue weighted by atomic mass is 35.5. The molecule has 1 N–H and O–H groups in total. The van der Waals surface area contributed by atoms with E-state index in [0.29, 0.717) is 37.4 Å². The molecule has 0 unspecified atom stereocenters. The Morgan fingerprint density at radius 2 is 2.03 bits per heavy atom. The number of aromatic nitrogens is 2. The third kappa shape index (κ3) is 5.31. The molecule has 1 amide bonds. The molecule has 3 saturated carbocycles. The summed E-state index contributed by atoms with van der Waals surface area (Å²) in [4.78, 5) is 15.7. The highest BCUT2D eigenvalue weighted by molar-refractivity contribution is 6.30. The van der Waals surface area contributed by atoms with E-state index in [0.717, 1.165) is 12.3 Å². The van der Waals surface area contributed by atoms with Crippen molar-refractivity contribution in [2.45, 2.75) is 36.4 Å². The highest BCUT2D eigenvalue weighted by Crippen LogP contribution is 2.67. The third-order valence-corrected chi connectivity index (χ3v) is 6.01. The predicted molar refractivity (Wildman–Crippen MR) is 116 cm³/mol. The number of nitrogens with one attached hydrogen (secondary N) is 1. The summed E-state index contributed by atoms with van der Waals surface area (Å²) in [7, 11) is 0. The number of ether oxygens (including phenoxy) is 2. The minimum absolute atomic E-state index is 0.0381. The van der Waals surface area contributed by atoms with Gasteiger partial charge in [0.25, 0.3) is 5.91 Å². The zero-order valence-electron chi connectivity index (χ0n) is 18.1. The maximum Gasteiger partial charge on any atom is 0.417 e. The lowest BCUT2D eigenvalue weighted by Crippen LogP contribution is -2.77. The van der Waals surface area contributed by atoms with E-state index >= 15 is 0 Å². The minimum Gasteiger partial charge on any atom is -0.484 e. The van der Waals surface area contributed by atoms with E-state index in [2.05, 4.69) is 27.1 Å². The Morgan fingerprint density at radius 3 is 2.69 bits per heavy atom. The van der Waals surface area contributed by atoms with Gasteiger partial charge in [-0.3, -0.25) is 9.79 Å². The first-order chi connectivity index (χ1) is 16.5. The number of amides is 1. The van der Waals surface area contributed by atoms with Gasteiger partial charge in [-0.1, -0.05) is 29.4 Å². The van der Waals surface area contributed by atoms with Crippen molar-refractivity contribution in [1.82, 2.24) is 15.5 Å². The molecule has 1 aromatic heterocycles. The number of carbonyl (C=O) groups excluding carboxylic acids is 1. The summed E-state index contributed by atoms with van der Waals surface area (Å²) in [6.07, 6.45) is -0.485. The van der Waals surface area contributed by atoms with Gasteiger partial charge in [0, 0.05) is 24.0 Å². The number of allylic oxidation sites excluding steroid dienone is 2. The molecular weight excluding hydrogens is 496 g/mol. The quantitative estimate of drug-likeness (QED) is 0.288. The normalized spacial score (nSPS) is 23.4. The fourth-order valence-corrected chi connectivity index (χ4v) is 4.32. The summed E-state index contributed by atoms with van der Waals surface area (Å²) >= 11 is 5.61.